The SMILES string of the molecule is CC.CC(=O)OC[C@H]1OCCC1=O.CC(C)(O)O. The number of Topliss-reactive ketones (excluding diaryl/α,β-unsaturated/α-hetero) is 1. The van der Waals surface area contributed by atoms with Crippen molar-refractivity contribution in [2.45, 2.75) is 52.9 Å². The maximum atomic E-state index is 10.9. The molecule has 1 rings (SSSR count). The molecule has 0 unspecified atom stereocenters. The minimum absolute atomic E-state index is 0.0197. The fraction of sp³-hybridized carbons (Fsp3) is 0.833. The molecule has 0 spiro atoms. The van der Waals surface area contributed by atoms with Crippen molar-refractivity contribution in [1.82, 2.24) is 0 Å². The van der Waals surface area contributed by atoms with E-state index >= 15 is 0 Å². The van der Waals surface area contributed by atoms with E-state index in [9.17, 15) is 9.59 Å². The Morgan fingerprint density at radius 3 is 2.17 bits per heavy atom. The molecule has 0 radical (unpaired) electrons. The third kappa shape index (κ3) is 15.0. The van der Waals surface area contributed by atoms with Crippen LogP contribution >= 0.6 is 0 Å². The van der Waals surface area contributed by atoms with Gasteiger partial charge in [-0.3, -0.25) is 9.59 Å². The smallest absolute Gasteiger partial charge is 0.302 e. The summed E-state index contributed by atoms with van der Waals surface area (Å²) in [4.78, 5) is 21.2. The van der Waals surface area contributed by atoms with Gasteiger partial charge >= 0.3 is 5.97 Å². The Morgan fingerprint density at radius 2 is 1.89 bits per heavy atom. The average Bonchev–Trinajstić information content (AvgIpc) is 2.61. The molecule has 0 aromatic rings. The van der Waals surface area contributed by atoms with Gasteiger partial charge < -0.3 is 19.7 Å². The van der Waals surface area contributed by atoms with E-state index in [1.54, 1.807) is 0 Å². The minimum atomic E-state index is -1.50. The lowest BCUT2D eigenvalue weighted by molar-refractivity contribution is -0.145. The summed E-state index contributed by atoms with van der Waals surface area (Å²) in [5.41, 5.74) is 0. The molecule has 6 heteroatoms. The van der Waals surface area contributed by atoms with E-state index in [2.05, 4.69) is 4.74 Å². The van der Waals surface area contributed by atoms with Crippen LogP contribution in [0.15, 0.2) is 0 Å². The summed E-state index contributed by atoms with van der Waals surface area (Å²) in [5, 5.41) is 16.2. The number of ether oxygens (including phenoxy) is 2. The highest BCUT2D eigenvalue weighted by molar-refractivity contribution is 5.85. The van der Waals surface area contributed by atoms with Gasteiger partial charge in [0.1, 0.15) is 12.7 Å². The first-order valence-electron chi connectivity index (χ1n) is 5.92. The van der Waals surface area contributed by atoms with Crippen molar-refractivity contribution in [3.05, 3.63) is 0 Å². The van der Waals surface area contributed by atoms with Gasteiger partial charge in [-0.15, -0.1) is 0 Å². The molecule has 0 amide bonds. The van der Waals surface area contributed by atoms with Crippen molar-refractivity contribution in [3.8, 4) is 0 Å². The quantitative estimate of drug-likeness (QED) is 0.561. The zero-order chi connectivity index (χ0) is 14.8. The molecule has 0 aromatic heterocycles. The Morgan fingerprint density at radius 1 is 1.44 bits per heavy atom. The van der Waals surface area contributed by atoms with Crippen molar-refractivity contribution in [3.63, 3.8) is 0 Å². The number of hydrogen-bond acceptors (Lipinski definition) is 6. The summed E-state index contributed by atoms with van der Waals surface area (Å²) in [6, 6.07) is 0. The largest absolute Gasteiger partial charge is 0.463 e. The molecule has 18 heavy (non-hydrogen) atoms. The molecule has 1 aliphatic rings. The Balaban J connectivity index is 0. The Hall–Kier alpha value is -0.980. The molecule has 1 saturated heterocycles. The molecule has 0 saturated carbocycles. The summed E-state index contributed by atoms with van der Waals surface area (Å²) < 4.78 is 9.60. The molecular formula is C12H24O6. The molecule has 2 N–H and O–H groups in total. The van der Waals surface area contributed by atoms with E-state index in [1.807, 2.05) is 13.8 Å². The predicted molar refractivity (Wildman–Crippen MR) is 65.9 cm³/mol. The van der Waals surface area contributed by atoms with E-state index in [-0.39, 0.29) is 18.4 Å². The maximum absolute atomic E-state index is 10.9. The van der Waals surface area contributed by atoms with Gasteiger partial charge in [0, 0.05) is 13.3 Å². The first-order chi connectivity index (χ1) is 8.20. The molecule has 1 fully saturated rings. The molecule has 1 heterocycles. The van der Waals surface area contributed by atoms with Crippen LogP contribution in [0, 0.1) is 0 Å². The molecule has 0 bridgehead atoms. The van der Waals surface area contributed by atoms with E-state index in [4.69, 9.17) is 14.9 Å². The van der Waals surface area contributed by atoms with Gasteiger partial charge in [0.2, 0.25) is 0 Å². The number of ketones is 1. The third-order valence-corrected chi connectivity index (χ3v) is 1.46. The van der Waals surface area contributed by atoms with Crippen LogP contribution in [0.5, 0.6) is 0 Å². The van der Waals surface area contributed by atoms with E-state index in [0.29, 0.717) is 13.0 Å². The van der Waals surface area contributed by atoms with Crippen molar-refractivity contribution >= 4 is 11.8 Å². The van der Waals surface area contributed by atoms with Crippen LogP contribution in [-0.4, -0.2) is 47.1 Å². The van der Waals surface area contributed by atoms with Crippen LogP contribution in [0.2, 0.25) is 0 Å². The number of carbonyl (C=O) groups is 2. The zero-order valence-corrected chi connectivity index (χ0v) is 11.7. The highest BCUT2D eigenvalue weighted by Gasteiger charge is 2.25. The van der Waals surface area contributed by atoms with Crippen LogP contribution < -0.4 is 0 Å². The first kappa shape index (κ1) is 19.4. The van der Waals surface area contributed by atoms with E-state index < -0.39 is 11.9 Å². The summed E-state index contributed by atoms with van der Waals surface area (Å²) in [6.45, 7) is 8.42. The Labute approximate surface area is 108 Å². The summed E-state index contributed by atoms with van der Waals surface area (Å²) >= 11 is 0. The van der Waals surface area contributed by atoms with Crippen molar-refractivity contribution in [2.24, 2.45) is 0 Å². The molecular weight excluding hydrogens is 240 g/mol. The lowest BCUT2D eigenvalue weighted by Gasteiger charge is -2.06. The van der Waals surface area contributed by atoms with Gasteiger partial charge in [-0.2, -0.15) is 0 Å². The molecule has 1 aliphatic heterocycles. The second-order valence-electron chi connectivity index (χ2n) is 3.87. The van der Waals surface area contributed by atoms with Crippen LogP contribution in [0.1, 0.15) is 41.0 Å². The van der Waals surface area contributed by atoms with Gasteiger partial charge in [-0.25, -0.2) is 0 Å². The topological polar surface area (TPSA) is 93.1 Å². The van der Waals surface area contributed by atoms with Gasteiger partial charge in [0.15, 0.2) is 11.6 Å². The molecule has 0 aromatic carbocycles. The maximum Gasteiger partial charge on any atom is 0.302 e. The Kier molecular flexibility index (Phi) is 10.7. The average molecular weight is 264 g/mol. The normalized spacial score (nSPS) is 18.2. The Bertz CT molecular complexity index is 237. The van der Waals surface area contributed by atoms with Crippen LogP contribution in [0.25, 0.3) is 0 Å². The molecule has 0 aliphatic carbocycles. The van der Waals surface area contributed by atoms with E-state index in [0.717, 1.165) is 0 Å². The van der Waals surface area contributed by atoms with Gasteiger partial charge in [-0.05, 0) is 13.8 Å². The number of hydrogen-bond donors (Lipinski definition) is 2. The summed E-state index contributed by atoms with van der Waals surface area (Å²) in [5.74, 6) is -1.86. The van der Waals surface area contributed by atoms with E-state index in [1.165, 1.54) is 20.8 Å². The minimum Gasteiger partial charge on any atom is -0.463 e. The fourth-order valence-electron chi connectivity index (χ4n) is 0.890. The zero-order valence-electron chi connectivity index (χ0n) is 11.7. The molecule has 6 nitrogen and oxygen atoms in total. The molecule has 108 valence electrons. The predicted octanol–water partition coefficient (Wildman–Crippen LogP) is 0.641. The van der Waals surface area contributed by atoms with Gasteiger partial charge in [-0.1, -0.05) is 13.8 Å². The van der Waals surface area contributed by atoms with Gasteiger partial charge in [0.25, 0.3) is 0 Å². The van der Waals surface area contributed by atoms with Crippen molar-refractivity contribution in [1.29, 1.82) is 0 Å². The highest BCUT2D eigenvalue weighted by Crippen LogP contribution is 2.07. The lowest BCUT2D eigenvalue weighted by Crippen LogP contribution is -2.23. The van der Waals surface area contributed by atoms with Gasteiger partial charge in [0.05, 0.1) is 6.61 Å². The van der Waals surface area contributed by atoms with Crippen LogP contribution in [0.3, 0.4) is 0 Å². The monoisotopic (exact) mass is 264 g/mol. The molecule has 1 atom stereocenters. The van der Waals surface area contributed by atoms with Crippen molar-refractivity contribution in [2.75, 3.05) is 13.2 Å². The lowest BCUT2D eigenvalue weighted by atomic mass is 10.2. The fourth-order valence-corrected chi connectivity index (χ4v) is 0.890. The standard InChI is InChI=1S/C7H10O4.C3H8O2.C2H6/c1-5(8)11-4-7-6(9)2-3-10-7;1-3(2,4)5;1-2/h7H,2-4H2,1H3;4-5H,1-2H3;1-2H3/t7-;;/m1../s1. The number of esters is 1. The van der Waals surface area contributed by atoms with Crippen LogP contribution in [0.4, 0.5) is 0 Å². The van der Waals surface area contributed by atoms with Crippen molar-refractivity contribution < 1.29 is 29.3 Å². The highest BCUT2D eigenvalue weighted by atomic mass is 16.6. The number of rotatable bonds is 2. The summed E-state index contributed by atoms with van der Waals surface area (Å²) in [6.07, 6.45) is -0.0785. The second kappa shape index (κ2) is 9.99. The summed E-state index contributed by atoms with van der Waals surface area (Å²) in [7, 11) is 0. The number of aliphatic hydroxyl groups is 2. The van der Waals surface area contributed by atoms with Crippen LogP contribution in [-0.2, 0) is 19.1 Å². The number of carbonyl (C=O) groups excluding carboxylic acids is 2. The third-order valence-electron chi connectivity index (χ3n) is 1.46. The first-order valence-corrected chi connectivity index (χ1v) is 5.92. The second-order valence-corrected chi connectivity index (χ2v) is 3.87.